The van der Waals surface area contributed by atoms with E-state index in [2.05, 4.69) is 26.3 Å². The van der Waals surface area contributed by atoms with Crippen molar-refractivity contribution in [1.82, 2.24) is 15.0 Å². The number of hydrogen-bond acceptors (Lipinski definition) is 6. The first-order valence-electron chi connectivity index (χ1n) is 6.41. The fourth-order valence-corrected chi connectivity index (χ4v) is 2.88. The van der Waals surface area contributed by atoms with Gasteiger partial charge in [0.25, 0.3) is 0 Å². The van der Waals surface area contributed by atoms with E-state index in [4.69, 9.17) is 0 Å². The Morgan fingerprint density at radius 2 is 2.05 bits per heavy atom. The van der Waals surface area contributed by atoms with Crippen LogP contribution < -0.4 is 5.32 Å². The smallest absolute Gasteiger partial charge is 0.188 e. The van der Waals surface area contributed by atoms with Crippen molar-refractivity contribution in [3.63, 3.8) is 0 Å². The zero-order valence-corrected chi connectivity index (χ0v) is 13.3. The molecule has 3 heterocycles. The van der Waals surface area contributed by atoms with Crippen molar-refractivity contribution in [3.8, 4) is 11.4 Å². The second-order valence-electron chi connectivity index (χ2n) is 4.42. The van der Waals surface area contributed by atoms with Crippen molar-refractivity contribution in [3.05, 3.63) is 47.6 Å². The van der Waals surface area contributed by atoms with Gasteiger partial charge in [-0.05, 0) is 36.9 Å². The van der Waals surface area contributed by atoms with Gasteiger partial charge in [-0.3, -0.25) is 4.98 Å². The van der Waals surface area contributed by atoms with E-state index in [0.717, 1.165) is 32.8 Å². The van der Waals surface area contributed by atoms with Crippen LogP contribution in [0, 0.1) is 6.92 Å². The van der Waals surface area contributed by atoms with Gasteiger partial charge in [-0.15, -0.1) is 23.1 Å². The molecule has 3 aromatic heterocycles. The molecule has 0 bridgehead atoms. The number of anilines is 2. The molecule has 0 spiro atoms. The van der Waals surface area contributed by atoms with Gasteiger partial charge in [-0.25, -0.2) is 9.97 Å². The summed E-state index contributed by atoms with van der Waals surface area (Å²) in [5.74, 6) is 0.837. The topological polar surface area (TPSA) is 50.7 Å². The minimum atomic E-state index is 0.822. The predicted octanol–water partition coefficient (Wildman–Crippen LogP) is 4.37. The van der Waals surface area contributed by atoms with Crippen molar-refractivity contribution in [2.24, 2.45) is 0 Å². The maximum atomic E-state index is 4.57. The van der Waals surface area contributed by atoms with Crippen LogP contribution in [0.2, 0.25) is 0 Å². The highest BCUT2D eigenvalue weighted by atomic mass is 32.2. The Kier molecular flexibility index (Phi) is 4.17. The zero-order chi connectivity index (χ0) is 14.7. The molecular formula is C15H14N4S2. The maximum Gasteiger partial charge on any atom is 0.188 e. The largest absolute Gasteiger partial charge is 0.316 e. The number of aryl methyl sites for hydroxylation is 1. The van der Waals surface area contributed by atoms with Crippen LogP contribution >= 0.6 is 23.1 Å². The number of hydrogen-bond donors (Lipinski definition) is 1. The van der Waals surface area contributed by atoms with Crippen LogP contribution in [0.3, 0.4) is 0 Å². The molecule has 0 aliphatic heterocycles. The molecule has 1 N–H and O–H groups in total. The first-order chi connectivity index (χ1) is 10.3. The van der Waals surface area contributed by atoms with E-state index >= 15 is 0 Å². The fourth-order valence-electron chi connectivity index (χ4n) is 1.82. The number of pyridine rings is 2. The molecule has 0 saturated carbocycles. The van der Waals surface area contributed by atoms with Crippen LogP contribution in [0.5, 0.6) is 0 Å². The third kappa shape index (κ3) is 3.22. The van der Waals surface area contributed by atoms with Crippen molar-refractivity contribution >= 4 is 34.0 Å². The molecule has 21 heavy (non-hydrogen) atoms. The zero-order valence-electron chi connectivity index (χ0n) is 11.7. The summed E-state index contributed by atoms with van der Waals surface area (Å²) in [5.41, 5.74) is 2.86. The van der Waals surface area contributed by atoms with Gasteiger partial charge in [0.2, 0.25) is 0 Å². The minimum absolute atomic E-state index is 0.822. The first-order valence-corrected chi connectivity index (χ1v) is 8.51. The molecule has 0 unspecified atom stereocenters. The Morgan fingerprint density at radius 3 is 2.76 bits per heavy atom. The summed E-state index contributed by atoms with van der Waals surface area (Å²) >= 11 is 3.23. The van der Waals surface area contributed by atoms with Crippen LogP contribution in [0.1, 0.15) is 5.56 Å². The molecule has 0 aromatic carbocycles. The van der Waals surface area contributed by atoms with Gasteiger partial charge in [0.1, 0.15) is 11.5 Å². The fraction of sp³-hybridized carbons (Fsp3) is 0.133. The average molecular weight is 314 g/mol. The molecule has 0 saturated heterocycles. The van der Waals surface area contributed by atoms with E-state index < -0.39 is 0 Å². The second kappa shape index (κ2) is 6.24. The predicted molar refractivity (Wildman–Crippen MR) is 89.4 cm³/mol. The lowest BCUT2D eigenvalue weighted by molar-refractivity contribution is 1.21. The molecule has 4 nitrogen and oxygen atoms in total. The van der Waals surface area contributed by atoms with E-state index in [-0.39, 0.29) is 0 Å². The summed E-state index contributed by atoms with van der Waals surface area (Å²) in [5, 5.41) is 6.07. The van der Waals surface area contributed by atoms with Crippen molar-refractivity contribution in [2.45, 2.75) is 11.8 Å². The second-order valence-corrected chi connectivity index (χ2v) is 6.15. The first kappa shape index (κ1) is 14.0. The van der Waals surface area contributed by atoms with Gasteiger partial charge in [-0.2, -0.15) is 0 Å². The number of nitrogens with one attached hydrogen (secondary N) is 1. The van der Waals surface area contributed by atoms with Gasteiger partial charge in [0, 0.05) is 22.7 Å². The molecule has 0 amide bonds. The Hall–Kier alpha value is -1.92. The van der Waals surface area contributed by atoms with Crippen LogP contribution in [0.4, 0.5) is 10.9 Å². The van der Waals surface area contributed by atoms with Gasteiger partial charge in [-0.1, -0.05) is 6.07 Å². The number of rotatable bonds is 4. The van der Waals surface area contributed by atoms with Crippen LogP contribution in [0.25, 0.3) is 11.4 Å². The monoisotopic (exact) mass is 314 g/mol. The molecule has 0 aliphatic carbocycles. The maximum absolute atomic E-state index is 4.57. The molecule has 6 heteroatoms. The SMILES string of the molecule is CSc1ccc(-c2csc(Nc3ncccc3C)n2)nc1. The molecule has 3 rings (SSSR count). The quantitative estimate of drug-likeness (QED) is 0.724. The van der Waals surface area contributed by atoms with Crippen LogP contribution in [0.15, 0.2) is 46.9 Å². The van der Waals surface area contributed by atoms with Gasteiger partial charge in [0.05, 0.1) is 5.69 Å². The highest BCUT2D eigenvalue weighted by Gasteiger charge is 2.07. The third-order valence-electron chi connectivity index (χ3n) is 2.97. The number of nitrogens with zero attached hydrogens (tertiary/aromatic N) is 3. The highest BCUT2D eigenvalue weighted by Crippen LogP contribution is 2.27. The Labute approximate surface area is 131 Å². The highest BCUT2D eigenvalue weighted by molar-refractivity contribution is 7.98. The Bertz CT molecular complexity index is 737. The van der Waals surface area contributed by atoms with Crippen LogP contribution in [-0.2, 0) is 0 Å². The standard InChI is InChI=1S/C15H14N4S2/c1-10-4-3-7-16-14(10)19-15-18-13(9-21-15)12-6-5-11(20-2)8-17-12/h3-9H,1-2H3,(H,16,18,19). The number of thiazole rings is 1. The van der Waals surface area contributed by atoms with E-state index in [1.54, 1.807) is 29.3 Å². The van der Waals surface area contributed by atoms with Crippen molar-refractivity contribution in [1.29, 1.82) is 0 Å². The summed E-state index contributed by atoms with van der Waals surface area (Å²) in [6, 6.07) is 8.00. The van der Waals surface area contributed by atoms with Crippen LogP contribution in [-0.4, -0.2) is 21.2 Å². The molecule has 106 valence electrons. The lowest BCUT2D eigenvalue weighted by Crippen LogP contribution is -1.95. The van der Waals surface area contributed by atoms with E-state index in [1.165, 1.54) is 0 Å². The van der Waals surface area contributed by atoms with E-state index in [9.17, 15) is 0 Å². The molecule has 0 atom stereocenters. The van der Waals surface area contributed by atoms with Crippen molar-refractivity contribution in [2.75, 3.05) is 11.6 Å². The Morgan fingerprint density at radius 1 is 1.14 bits per heavy atom. The summed E-state index contributed by atoms with van der Waals surface area (Å²) in [6.45, 7) is 2.02. The molecule has 0 fully saturated rings. The lowest BCUT2D eigenvalue weighted by atomic mass is 10.3. The summed E-state index contributed by atoms with van der Waals surface area (Å²) in [7, 11) is 0. The third-order valence-corrected chi connectivity index (χ3v) is 4.44. The van der Waals surface area contributed by atoms with E-state index in [1.807, 2.05) is 43.0 Å². The average Bonchev–Trinajstić information content (AvgIpc) is 2.98. The molecular weight excluding hydrogens is 300 g/mol. The van der Waals surface area contributed by atoms with Crippen molar-refractivity contribution < 1.29 is 0 Å². The van der Waals surface area contributed by atoms with Gasteiger partial charge >= 0.3 is 0 Å². The number of thioether (sulfide) groups is 1. The normalized spacial score (nSPS) is 10.6. The van der Waals surface area contributed by atoms with E-state index in [0.29, 0.717) is 0 Å². The van der Waals surface area contributed by atoms with Gasteiger partial charge in [0.15, 0.2) is 5.13 Å². The number of aromatic nitrogens is 3. The lowest BCUT2D eigenvalue weighted by Gasteiger charge is -2.04. The summed E-state index contributed by atoms with van der Waals surface area (Å²) < 4.78 is 0. The summed E-state index contributed by atoms with van der Waals surface area (Å²) in [4.78, 5) is 14.5. The Balaban J connectivity index is 1.81. The minimum Gasteiger partial charge on any atom is -0.316 e. The molecule has 0 aliphatic rings. The molecule has 3 aromatic rings. The molecule has 0 radical (unpaired) electrons. The van der Waals surface area contributed by atoms with Gasteiger partial charge < -0.3 is 5.32 Å². The summed E-state index contributed by atoms with van der Waals surface area (Å²) in [6.07, 6.45) is 5.68.